The third-order valence-electron chi connectivity index (χ3n) is 5.46. The van der Waals surface area contributed by atoms with Gasteiger partial charge < -0.3 is 9.64 Å². The number of hydrogen-bond donors (Lipinski definition) is 0. The molecule has 3 aromatic carbocycles. The molecule has 1 heterocycles. The molecule has 31 heavy (non-hydrogen) atoms. The number of aromatic nitrogens is 3. The molecule has 4 aromatic rings. The second-order valence-electron chi connectivity index (χ2n) is 7.61. The maximum absolute atomic E-state index is 13.5. The molecule has 0 N–H and O–H groups in total. The molecule has 0 radical (unpaired) electrons. The zero-order valence-electron chi connectivity index (χ0n) is 17.8. The molecular formula is C25H26N4O2. The first kappa shape index (κ1) is 20.6. The Labute approximate surface area is 182 Å². The summed E-state index contributed by atoms with van der Waals surface area (Å²) in [6.07, 6.45) is 0.695. The van der Waals surface area contributed by atoms with Crippen LogP contribution in [0, 0.1) is 0 Å². The van der Waals surface area contributed by atoms with Crippen LogP contribution in [0.15, 0.2) is 78.9 Å². The highest BCUT2D eigenvalue weighted by Crippen LogP contribution is 2.22. The van der Waals surface area contributed by atoms with E-state index in [1.54, 1.807) is 11.8 Å². The quantitative estimate of drug-likeness (QED) is 0.436. The highest BCUT2D eigenvalue weighted by atomic mass is 16.5. The maximum Gasteiger partial charge on any atom is 0.244 e. The Morgan fingerprint density at radius 1 is 1.00 bits per heavy atom. The summed E-state index contributed by atoms with van der Waals surface area (Å²) >= 11 is 0. The Morgan fingerprint density at radius 2 is 1.71 bits per heavy atom. The minimum atomic E-state index is -0.0289. The fraction of sp³-hybridized carbons (Fsp3) is 0.240. The number of fused-ring (bicyclic) bond motifs is 1. The zero-order valence-corrected chi connectivity index (χ0v) is 17.8. The molecule has 158 valence electrons. The van der Waals surface area contributed by atoms with E-state index < -0.39 is 0 Å². The molecular weight excluding hydrogens is 388 g/mol. The lowest BCUT2D eigenvalue weighted by molar-refractivity contribution is -0.134. The van der Waals surface area contributed by atoms with Crippen molar-refractivity contribution in [1.29, 1.82) is 0 Å². The van der Waals surface area contributed by atoms with E-state index in [0.717, 1.165) is 27.9 Å². The van der Waals surface area contributed by atoms with E-state index in [-0.39, 0.29) is 18.5 Å². The predicted octanol–water partition coefficient (Wildman–Crippen LogP) is 4.10. The Morgan fingerprint density at radius 3 is 2.52 bits per heavy atom. The van der Waals surface area contributed by atoms with Crippen LogP contribution in [0.3, 0.4) is 0 Å². The molecule has 4 rings (SSSR count). The highest BCUT2D eigenvalue weighted by Gasteiger charge is 2.23. The number of para-hydroxylation sites is 2. The van der Waals surface area contributed by atoms with Crippen molar-refractivity contribution in [1.82, 2.24) is 19.9 Å². The first-order valence-electron chi connectivity index (χ1n) is 10.4. The molecule has 0 aliphatic carbocycles. The van der Waals surface area contributed by atoms with Crippen LogP contribution in [-0.4, -0.2) is 39.0 Å². The molecule has 1 amide bonds. The van der Waals surface area contributed by atoms with Crippen molar-refractivity contribution in [2.45, 2.75) is 32.5 Å². The molecule has 0 aliphatic heterocycles. The van der Waals surface area contributed by atoms with Crippen molar-refractivity contribution in [2.24, 2.45) is 0 Å². The fourth-order valence-corrected chi connectivity index (χ4v) is 3.82. The first-order valence-corrected chi connectivity index (χ1v) is 10.4. The lowest BCUT2D eigenvalue weighted by Crippen LogP contribution is -2.41. The van der Waals surface area contributed by atoms with Crippen LogP contribution in [0.1, 0.15) is 18.1 Å². The minimum Gasteiger partial charge on any atom is -0.496 e. The van der Waals surface area contributed by atoms with Gasteiger partial charge in [-0.25, -0.2) is 4.68 Å². The van der Waals surface area contributed by atoms with Gasteiger partial charge in [0.2, 0.25) is 5.91 Å². The molecule has 1 unspecified atom stereocenters. The van der Waals surface area contributed by atoms with Crippen molar-refractivity contribution in [3.63, 3.8) is 0 Å². The summed E-state index contributed by atoms with van der Waals surface area (Å²) in [5.74, 6) is 0.839. The van der Waals surface area contributed by atoms with Crippen molar-refractivity contribution < 1.29 is 9.53 Å². The van der Waals surface area contributed by atoms with Gasteiger partial charge in [-0.3, -0.25) is 4.79 Å². The van der Waals surface area contributed by atoms with Gasteiger partial charge in [-0.1, -0.05) is 65.9 Å². The molecule has 0 saturated carbocycles. The number of methoxy groups -OCH3 is 1. The first-order chi connectivity index (χ1) is 15.2. The summed E-state index contributed by atoms with van der Waals surface area (Å²) < 4.78 is 7.18. The number of rotatable bonds is 8. The molecule has 1 aromatic heterocycles. The monoisotopic (exact) mass is 414 g/mol. The normalized spacial score (nSPS) is 11.9. The fourth-order valence-electron chi connectivity index (χ4n) is 3.82. The van der Waals surface area contributed by atoms with E-state index in [2.05, 4.69) is 17.2 Å². The van der Waals surface area contributed by atoms with Gasteiger partial charge in [-0.05, 0) is 42.7 Å². The minimum absolute atomic E-state index is 0.00176. The van der Waals surface area contributed by atoms with Gasteiger partial charge in [0.05, 0.1) is 12.6 Å². The Bertz CT molecular complexity index is 1160. The van der Waals surface area contributed by atoms with Gasteiger partial charge in [-0.2, -0.15) is 0 Å². The average Bonchev–Trinajstić information content (AvgIpc) is 3.21. The van der Waals surface area contributed by atoms with Crippen LogP contribution < -0.4 is 4.74 Å². The van der Waals surface area contributed by atoms with Gasteiger partial charge in [0.15, 0.2) is 0 Å². The Kier molecular flexibility index (Phi) is 6.26. The number of nitrogens with zero attached hydrogens (tertiary/aromatic N) is 4. The number of amides is 1. The Balaban J connectivity index is 1.59. The van der Waals surface area contributed by atoms with Gasteiger partial charge in [0, 0.05) is 12.6 Å². The van der Waals surface area contributed by atoms with E-state index in [1.807, 2.05) is 83.8 Å². The number of hydrogen-bond acceptors (Lipinski definition) is 4. The number of ether oxygens (including phenoxy) is 1. The Hall–Kier alpha value is -3.67. The van der Waals surface area contributed by atoms with Crippen LogP contribution in [0.5, 0.6) is 5.75 Å². The second kappa shape index (κ2) is 9.43. The van der Waals surface area contributed by atoms with Crippen LogP contribution in [0.4, 0.5) is 0 Å². The van der Waals surface area contributed by atoms with E-state index in [1.165, 1.54) is 0 Å². The molecule has 1 atom stereocenters. The third kappa shape index (κ3) is 4.74. The lowest BCUT2D eigenvalue weighted by Gasteiger charge is -2.30. The summed E-state index contributed by atoms with van der Waals surface area (Å²) in [6, 6.07) is 25.7. The van der Waals surface area contributed by atoms with Crippen LogP contribution in [0.2, 0.25) is 0 Å². The average molecular weight is 415 g/mol. The summed E-state index contributed by atoms with van der Waals surface area (Å²) in [4.78, 5) is 15.4. The lowest BCUT2D eigenvalue weighted by atomic mass is 10.0. The molecule has 0 fully saturated rings. The van der Waals surface area contributed by atoms with E-state index in [0.29, 0.717) is 13.0 Å². The summed E-state index contributed by atoms with van der Waals surface area (Å²) in [6.45, 7) is 2.75. The molecule has 0 saturated heterocycles. The van der Waals surface area contributed by atoms with Gasteiger partial charge in [0.25, 0.3) is 0 Å². The SMILES string of the molecule is COc1ccccc1CC(C)N(Cc1ccccc1)C(=O)Cn1nnc2ccccc21. The van der Waals surface area contributed by atoms with E-state index in [4.69, 9.17) is 4.74 Å². The summed E-state index contributed by atoms with van der Waals surface area (Å²) in [5, 5.41) is 8.37. The van der Waals surface area contributed by atoms with Gasteiger partial charge in [0.1, 0.15) is 17.8 Å². The number of carbonyl (C=O) groups is 1. The van der Waals surface area contributed by atoms with Gasteiger partial charge >= 0.3 is 0 Å². The molecule has 0 bridgehead atoms. The van der Waals surface area contributed by atoms with Gasteiger partial charge in [-0.15, -0.1) is 5.10 Å². The number of benzene rings is 3. The number of carbonyl (C=O) groups excluding carboxylic acids is 1. The van der Waals surface area contributed by atoms with Crippen LogP contribution in [-0.2, 0) is 24.3 Å². The summed E-state index contributed by atoms with van der Waals surface area (Å²) in [7, 11) is 1.67. The van der Waals surface area contributed by atoms with Crippen molar-refractivity contribution in [3.05, 3.63) is 90.0 Å². The maximum atomic E-state index is 13.5. The third-order valence-corrected chi connectivity index (χ3v) is 5.46. The second-order valence-corrected chi connectivity index (χ2v) is 7.61. The van der Waals surface area contributed by atoms with Crippen molar-refractivity contribution >= 4 is 16.9 Å². The largest absolute Gasteiger partial charge is 0.496 e. The van der Waals surface area contributed by atoms with E-state index in [9.17, 15) is 4.79 Å². The molecule has 0 spiro atoms. The highest BCUT2D eigenvalue weighted by molar-refractivity contribution is 5.80. The molecule has 0 aliphatic rings. The summed E-state index contributed by atoms with van der Waals surface area (Å²) in [5.41, 5.74) is 3.81. The zero-order chi connectivity index (χ0) is 21.6. The molecule has 6 heteroatoms. The molecule has 6 nitrogen and oxygen atoms in total. The topological polar surface area (TPSA) is 60.2 Å². The van der Waals surface area contributed by atoms with Crippen LogP contribution in [0.25, 0.3) is 11.0 Å². The van der Waals surface area contributed by atoms with Crippen molar-refractivity contribution in [3.8, 4) is 5.75 Å². The predicted molar refractivity (Wildman–Crippen MR) is 121 cm³/mol. The van der Waals surface area contributed by atoms with Crippen LogP contribution >= 0.6 is 0 Å². The van der Waals surface area contributed by atoms with E-state index >= 15 is 0 Å². The van der Waals surface area contributed by atoms with Crippen molar-refractivity contribution in [2.75, 3.05) is 7.11 Å². The smallest absolute Gasteiger partial charge is 0.244 e. The standard InChI is InChI=1S/C25H26N4O2/c1-19(16-21-12-6-9-15-24(21)31-2)28(17-20-10-4-3-5-11-20)25(30)18-29-23-14-8-7-13-22(23)26-27-29/h3-15,19H,16-18H2,1-2H3.